The normalized spacial score (nSPS) is 62.8. The third-order valence-electron chi connectivity index (χ3n) is 6.80. The molecule has 0 N–H and O–H groups in total. The molecule has 4 aliphatic carbocycles. The maximum atomic E-state index is 11.4. The first kappa shape index (κ1) is 12.2. The van der Waals surface area contributed by atoms with E-state index in [0.717, 1.165) is 0 Å². The number of rotatable bonds is 1. The summed E-state index contributed by atoms with van der Waals surface area (Å²) in [6.07, 6.45) is 8.60. The standard InChI is InChI=1S/C17H26O2/c1-13-6-14(2)8-15(3,7-13)11-17(9-13,10-14)16(4)5-12(18)19-16/h5-11H2,1-4H3/t13?,14?,15?,16-,17?/m1/s1. The summed E-state index contributed by atoms with van der Waals surface area (Å²) in [5, 5.41) is 0. The van der Waals surface area contributed by atoms with E-state index in [4.69, 9.17) is 4.74 Å². The number of hydrogen-bond acceptors (Lipinski definition) is 2. The zero-order chi connectivity index (χ0) is 13.7. The zero-order valence-corrected chi connectivity index (χ0v) is 12.8. The van der Waals surface area contributed by atoms with Crippen LogP contribution in [0.25, 0.3) is 0 Å². The van der Waals surface area contributed by atoms with Gasteiger partial charge in [0.15, 0.2) is 0 Å². The second-order valence-corrected chi connectivity index (χ2v) is 9.65. The van der Waals surface area contributed by atoms with Gasteiger partial charge in [-0.25, -0.2) is 0 Å². The summed E-state index contributed by atoms with van der Waals surface area (Å²) in [4.78, 5) is 11.4. The molecule has 5 aliphatic rings. The molecule has 0 aromatic carbocycles. The van der Waals surface area contributed by atoms with E-state index in [2.05, 4.69) is 27.7 Å². The highest BCUT2D eigenvalue weighted by Crippen LogP contribution is 2.77. The second-order valence-electron chi connectivity index (χ2n) is 9.65. The van der Waals surface area contributed by atoms with E-state index in [9.17, 15) is 4.79 Å². The van der Waals surface area contributed by atoms with Gasteiger partial charge in [0.2, 0.25) is 0 Å². The predicted octanol–water partition coefficient (Wildman–Crippen LogP) is 4.08. The Hall–Kier alpha value is -0.530. The number of ether oxygens (including phenoxy) is 1. The molecule has 1 saturated heterocycles. The average molecular weight is 262 g/mol. The monoisotopic (exact) mass is 262 g/mol. The summed E-state index contributed by atoms with van der Waals surface area (Å²) in [5.74, 6) is 0.0127. The summed E-state index contributed by atoms with van der Waals surface area (Å²) in [7, 11) is 0. The SMILES string of the molecule is CC12CC3(C)CC(C)(C1)CC([C@@]1(C)CC(=O)O1)(C2)C3. The van der Waals surface area contributed by atoms with Crippen LogP contribution in [0.4, 0.5) is 0 Å². The predicted molar refractivity (Wildman–Crippen MR) is 73.6 cm³/mol. The average Bonchev–Trinajstić information content (AvgIpc) is 2.06. The van der Waals surface area contributed by atoms with Crippen molar-refractivity contribution in [3.63, 3.8) is 0 Å². The lowest BCUT2D eigenvalue weighted by Crippen LogP contribution is -2.69. The number of hydrogen-bond donors (Lipinski definition) is 0. The molecular weight excluding hydrogens is 236 g/mol. The van der Waals surface area contributed by atoms with E-state index in [0.29, 0.717) is 22.7 Å². The molecule has 0 spiro atoms. The third kappa shape index (κ3) is 1.41. The molecule has 1 aliphatic heterocycles. The lowest BCUT2D eigenvalue weighted by Gasteiger charge is -2.73. The Bertz CT molecular complexity index is 416. The number of carbonyl (C=O) groups excluding carboxylic acids is 1. The van der Waals surface area contributed by atoms with Crippen molar-refractivity contribution in [1.29, 1.82) is 0 Å². The number of esters is 1. The van der Waals surface area contributed by atoms with Crippen molar-refractivity contribution in [1.82, 2.24) is 0 Å². The molecule has 5 fully saturated rings. The van der Waals surface area contributed by atoms with Crippen LogP contribution in [0.1, 0.15) is 72.6 Å². The molecule has 2 heteroatoms. The van der Waals surface area contributed by atoms with E-state index in [1.165, 1.54) is 38.5 Å². The van der Waals surface area contributed by atoms with Crippen LogP contribution in [0.5, 0.6) is 0 Å². The van der Waals surface area contributed by atoms with Crippen molar-refractivity contribution in [3.8, 4) is 0 Å². The van der Waals surface area contributed by atoms with Gasteiger partial charge in [0.1, 0.15) is 5.60 Å². The fourth-order valence-corrected chi connectivity index (χ4v) is 7.67. The number of carbonyl (C=O) groups is 1. The maximum Gasteiger partial charge on any atom is 0.310 e. The van der Waals surface area contributed by atoms with Crippen LogP contribution < -0.4 is 0 Å². The van der Waals surface area contributed by atoms with Crippen molar-refractivity contribution in [3.05, 3.63) is 0 Å². The first-order chi connectivity index (χ1) is 8.59. The third-order valence-corrected chi connectivity index (χ3v) is 6.80. The van der Waals surface area contributed by atoms with Crippen molar-refractivity contribution in [2.75, 3.05) is 0 Å². The molecule has 0 amide bonds. The Morgan fingerprint density at radius 1 is 0.789 bits per heavy atom. The van der Waals surface area contributed by atoms with E-state index >= 15 is 0 Å². The lowest BCUT2D eigenvalue weighted by atomic mass is 9.33. The molecule has 5 rings (SSSR count). The summed E-state index contributed by atoms with van der Waals surface area (Å²) >= 11 is 0. The first-order valence-electron chi connectivity index (χ1n) is 7.81. The minimum absolute atomic E-state index is 0.0127. The molecule has 0 aromatic heterocycles. The summed E-state index contributed by atoms with van der Waals surface area (Å²) in [5.41, 5.74) is 1.51. The fourth-order valence-electron chi connectivity index (χ4n) is 7.67. The van der Waals surface area contributed by atoms with Gasteiger partial charge < -0.3 is 4.74 Å². The fraction of sp³-hybridized carbons (Fsp3) is 0.941. The smallest absolute Gasteiger partial charge is 0.310 e. The summed E-state index contributed by atoms with van der Waals surface area (Å²) in [6.45, 7) is 9.66. The van der Waals surface area contributed by atoms with Gasteiger partial charge in [-0.05, 0) is 61.7 Å². The van der Waals surface area contributed by atoms with Gasteiger partial charge in [0.25, 0.3) is 0 Å². The summed E-state index contributed by atoms with van der Waals surface area (Å²) in [6, 6.07) is 0. The van der Waals surface area contributed by atoms with Crippen molar-refractivity contribution in [2.24, 2.45) is 21.7 Å². The Labute approximate surface area is 116 Å². The topological polar surface area (TPSA) is 26.3 Å². The molecular formula is C17H26O2. The van der Waals surface area contributed by atoms with E-state index in [1.807, 2.05) is 0 Å². The quantitative estimate of drug-likeness (QED) is 0.666. The van der Waals surface area contributed by atoms with Crippen molar-refractivity contribution < 1.29 is 9.53 Å². The first-order valence-corrected chi connectivity index (χ1v) is 7.81. The Kier molecular flexibility index (Phi) is 1.86. The Balaban J connectivity index is 1.80. The second kappa shape index (κ2) is 2.89. The van der Waals surface area contributed by atoms with Crippen LogP contribution in [0, 0.1) is 21.7 Å². The Morgan fingerprint density at radius 3 is 1.47 bits per heavy atom. The molecule has 0 unspecified atom stereocenters. The van der Waals surface area contributed by atoms with Crippen molar-refractivity contribution in [2.45, 2.75) is 78.2 Å². The Morgan fingerprint density at radius 2 is 1.16 bits per heavy atom. The molecule has 1 atom stereocenters. The van der Waals surface area contributed by atoms with Gasteiger partial charge in [-0.15, -0.1) is 0 Å². The van der Waals surface area contributed by atoms with Gasteiger partial charge >= 0.3 is 5.97 Å². The molecule has 4 saturated carbocycles. The maximum absolute atomic E-state index is 11.4. The molecule has 0 aromatic rings. The molecule has 19 heavy (non-hydrogen) atoms. The highest BCUT2D eigenvalue weighted by Gasteiger charge is 2.71. The van der Waals surface area contributed by atoms with Gasteiger partial charge in [-0.2, -0.15) is 0 Å². The van der Waals surface area contributed by atoms with Gasteiger partial charge in [0.05, 0.1) is 6.42 Å². The van der Waals surface area contributed by atoms with Gasteiger partial charge in [0, 0.05) is 5.41 Å². The summed E-state index contributed by atoms with van der Waals surface area (Å²) < 4.78 is 5.71. The van der Waals surface area contributed by atoms with Crippen LogP contribution >= 0.6 is 0 Å². The molecule has 2 nitrogen and oxygen atoms in total. The van der Waals surface area contributed by atoms with Crippen LogP contribution in [-0.2, 0) is 9.53 Å². The van der Waals surface area contributed by atoms with Crippen LogP contribution in [0.15, 0.2) is 0 Å². The molecule has 0 radical (unpaired) electrons. The van der Waals surface area contributed by atoms with Gasteiger partial charge in [-0.1, -0.05) is 20.8 Å². The molecule has 1 heterocycles. The zero-order valence-electron chi connectivity index (χ0n) is 12.8. The van der Waals surface area contributed by atoms with E-state index in [1.54, 1.807) is 0 Å². The molecule has 4 bridgehead atoms. The number of cyclic esters (lactones) is 1. The highest BCUT2D eigenvalue weighted by molar-refractivity contribution is 5.77. The van der Waals surface area contributed by atoms with Crippen LogP contribution in [0.3, 0.4) is 0 Å². The lowest BCUT2D eigenvalue weighted by molar-refractivity contribution is -0.279. The van der Waals surface area contributed by atoms with E-state index in [-0.39, 0.29) is 17.0 Å². The highest BCUT2D eigenvalue weighted by atomic mass is 16.6. The van der Waals surface area contributed by atoms with Crippen molar-refractivity contribution >= 4 is 5.97 Å². The minimum Gasteiger partial charge on any atom is -0.458 e. The van der Waals surface area contributed by atoms with E-state index < -0.39 is 0 Å². The van der Waals surface area contributed by atoms with Gasteiger partial charge in [-0.3, -0.25) is 4.79 Å². The largest absolute Gasteiger partial charge is 0.458 e. The van der Waals surface area contributed by atoms with Crippen LogP contribution in [-0.4, -0.2) is 11.6 Å². The molecule has 106 valence electrons. The van der Waals surface area contributed by atoms with Crippen LogP contribution in [0.2, 0.25) is 0 Å². The minimum atomic E-state index is -0.172.